The molecule has 3 rings (SSSR count). The van der Waals surface area contributed by atoms with E-state index < -0.39 is 11.7 Å². The van der Waals surface area contributed by atoms with E-state index in [1.807, 2.05) is 10.7 Å². The summed E-state index contributed by atoms with van der Waals surface area (Å²) in [4.78, 5) is 0. The topological polar surface area (TPSA) is 27.1 Å². The zero-order valence-corrected chi connectivity index (χ0v) is 13.2. The number of hydrogen-bond acceptors (Lipinski definition) is 2. The van der Waals surface area contributed by atoms with Crippen LogP contribution in [0.1, 0.15) is 24.4 Å². The molecule has 0 unspecified atom stereocenters. The molecule has 3 nitrogen and oxygen atoms in total. The zero-order chi connectivity index (χ0) is 15.7. The van der Waals surface area contributed by atoms with Crippen molar-refractivity contribution in [3.8, 4) is 11.3 Å². The second-order valence-electron chi connectivity index (χ2n) is 5.20. The van der Waals surface area contributed by atoms with Gasteiger partial charge in [-0.3, -0.25) is 4.68 Å². The molecule has 1 aliphatic heterocycles. The maximum atomic E-state index is 12.8. The van der Waals surface area contributed by atoms with E-state index in [4.69, 9.17) is 4.74 Å². The lowest BCUT2D eigenvalue weighted by Gasteiger charge is -2.24. The summed E-state index contributed by atoms with van der Waals surface area (Å²) in [5.74, 6) is 0. The molecule has 1 fully saturated rings. The number of halogens is 4. The number of rotatable bonds is 2. The highest BCUT2D eigenvalue weighted by molar-refractivity contribution is 9.10. The zero-order valence-electron chi connectivity index (χ0n) is 11.6. The van der Waals surface area contributed by atoms with Crippen molar-refractivity contribution in [3.63, 3.8) is 0 Å². The lowest BCUT2D eigenvalue weighted by molar-refractivity contribution is -0.138. The first kappa shape index (κ1) is 15.6. The first-order chi connectivity index (χ1) is 10.5. The van der Waals surface area contributed by atoms with Crippen LogP contribution in [0.15, 0.2) is 34.9 Å². The number of nitrogens with zero attached hydrogens (tertiary/aromatic N) is 2. The van der Waals surface area contributed by atoms with E-state index in [1.54, 1.807) is 6.20 Å². The minimum absolute atomic E-state index is 0.0391. The van der Waals surface area contributed by atoms with Gasteiger partial charge in [-0.1, -0.05) is 22.0 Å². The summed E-state index contributed by atoms with van der Waals surface area (Å²) in [6.07, 6.45) is -0.971. The molecule has 1 aromatic carbocycles. The summed E-state index contributed by atoms with van der Waals surface area (Å²) in [5.41, 5.74) is 0.860. The van der Waals surface area contributed by atoms with E-state index in [0.717, 1.165) is 24.6 Å². The Hall–Kier alpha value is -1.34. The normalized spacial score (nSPS) is 16.9. The molecule has 0 spiro atoms. The van der Waals surface area contributed by atoms with Crippen molar-refractivity contribution in [1.29, 1.82) is 0 Å². The van der Waals surface area contributed by atoms with E-state index in [9.17, 15) is 13.2 Å². The van der Waals surface area contributed by atoms with Gasteiger partial charge in [0.05, 0.1) is 17.3 Å². The van der Waals surface area contributed by atoms with Gasteiger partial charge in [-0.15, -0.1) is 0 Å². The molecule has 0 amide bonds. The van der Waals surface area contributed by atoms with Crippen LogP contribution >= 0.6 is 15.9 Å². The van der Waals surface area contributed by atoms with E-state index in [-0.39, 0.29) is 10.5 Å². The van der Waals surface area contributed by atoms with E-state index in [1.165, 1.54) is 12.1 Å². The third kappa shape index (κ3) is 3.05. The van der Waals surface area contributed by atoms with Crippen LogP contribution in [0.4, 0.5) is 13.2 Å². The standard InChI is InChI=1S/C15H14BrF3N2O/c16-13-9-10(1-2-12(13)15(17,18)19)14-3-6-20-21(14)11-4-7-22-8-5-11/h1-3,6,9,11H,4-5,7-8H2. The molecule has 0 aliphatic carbocycles. The van der Waals surface area contributed by atoms with Crippen molar-refractivity contribution in [2.24, 2.45) is 0 Å². The average Bonchev–Trinajstić information content (AvgIpc) is 2.96. The fourth-order valence-corrected chi connectivity index (χ4v) is 3.27. The molecule has 0 radical (unpaired) electrons. The molecule has 1 aromatic heterocycles. The van der Waals surface area contributed by atoms with Crippen LogP contribution in [0, 0.1) is 0 Å². The lowest BCUT2D eigenvalue weighted by Crippen LogP contribution is -2.21. The van der Waals surface area contributed by atoms with Crippen molar-refractivity contribution in [2.75, 3.05) is 13.2 Å². The lowest BCUT2D eigenvalue weighted by atomic mass is 10.1. The summed E-state index contributed by atoms with van der Waals surface area (Å²) in [6, 6.07) is 6.13. The SMILES string of the molecule is FC(F)(F)c1ccc(-c2ccnn2C2CCOCC2)cc1Br. The van der Waals surface area contributed by atoms with Crippen LogP contribution in [0.2, 0.25) is 0 Å². The van der Waals surface area contributed by atoms with Gasteiger partial charge in [0.2, 0.25) is 0 Å². The summed E-state index contributed by atoms with van der Waals surface area (Å²) in [7, 11) is 0. The highest BCUT2D eigenvalue weighted by atomic mass is 79.9. The fourth-order valence-electron chi connectivity index (χ4n) is 2.67. The first-order valence-corrected chi connectivity index (χ1v) is 7.74. The maximum absolute atomic E-state index is 12.8. The molecule has 2 aromatic rings. The highest BCUT2D eigenvalue weighted by Gasteiger charge is 2.33. The Morgan fingerprint density at radius 3 is 2.55 bits per heavy atom. The third-order valence-corrected chi connectivity index (χ3v) is 4.43. The van der Waals surface area contributed by atoms with Gasteiger partial charge < -0.3 is 4.74 Å². The molecule has 1 saturated heterocycles. The Kier molecular flexibility index (Phi) is 4.27. The number of aromatic nitrogens is 2. The predicted molar refractivity (Wildman–Crippen MR) is 79.5 cm³/mol. The van der Waals surface area contributed by atoms with Gasteiger partial charge in [-0.25, -0.2) is 0 Å². The number of hydrogen-bond donors (Lipinski definition) is 0. The Morgan fingerprint density at radius 1 is 1.18 bits per heavy atom. The van der Waals surface area contributed by atoms with Gasteiger partial charge in [0.15, 0.2) is 0 Å². The molecular formula is C15H14BrF3N2O. The van der Waals surface area contributed by atoms with Gasteiger partial charge in [0, 0.05) is 29.4 Å². The summed E-state index contributed by atoms with van der Waals surface area (Å²) in [6.45, 7) is 1.36. The van der Waals surface area contributed by atoms with Crippen LogP contribution in [-0.4, -0.2) is 23.0 Å². The van der Waals surface area contributed by atoms with Crippen molar-refractivity contribution < 1.29 is 17.9 Å². The van der Waals surface area contributed by atoms with Crippen LogP contribution < -0.4 is 0 Å². The Balaban J connectivity index is 1.95. The van der Waals surface area contributed by atoms with Crippen molar-refractivity contribution >= 4 is 15.9 Å². The molecule has 2 heterocycles. The van der Waals surface area contributed by atoms with Crippen LogP contribution in [0.25, 0.3) is 11.3 Å². The Bertz CT molecular complexity index is 663. The molecule has 0 N–H and O–H groups in total. The van der Waals surface area contributed by atoms with Crippen LogP contribution in [-0.2, 0) is 10.9 Å². The molecule has 0 atom stereocenters. The molecule has 1 aliphatic rings. The second-order valence-corrected chi connectivity index (χ2v) is 6.05. The second kappa shape index (κ2) is 6.04. The maximum Gasteiger partial charge on any atom is 0.417 e. The molecule has 22 heavy (non-hydrogen) atoms. The Labute approximate surface area is 134 Å². The van der Waals surface area contributed by atoms with Gasteiger partial charge in [0.1, 0.15) is 0 Å². The fraction of sp³-hybridized carbons (Fsp3) is 0.400. The first-order valence-electron chi connectivity index (χ1n) is 6.95. The molecule has 118 valence electrons. The molecule has 7 heteroatoms. The largest absolute Gasteiger partial charge is 0.417 e. The molecule has 0 saturated carbocycles. The van der Waals surface area contributed by atoms with Gasteiger partial charge in [0.25, 0.3) is 0 Å². The van der Waals surface area contributed by atoms with E-state index in [0.29, 0.717) is 18.8 Å². The minimum atomic E-state index is -4.36. The van der Waals surface area contributed by atoms with E-state index in [2.05, 4.69) is 21.0 Å². The summed E-state index contributed by atoms with van der Waals surface area (Å²) in [5, 5.41) is 4.34. The van der Waals surface area contributed by atoms with Crippen LogP contribution in [0.3, 0.4) is 0 Å². The van der Waals surface area contributed by atoms with Gasteiger partial charge in [-0.2, -0.15) is 18.3 Å². The third-order valence-electron chi connectivity index (χ3n) is 3.78. The monoisotopic (exact) mass is 374 g/mol. The Morgan fingerprint density at radius 2 is 1.91 bits per heavy atom. The van der Waals surface area contributed by atoms with Gasteiger partial charge in [-0.05, 0) is 31.0 Å². The van der Waals surface area contributed by atoms with Crippen molar-refractivity contribution in [2.45, 2.75) is 25.1 Å². The number of benzene rings is 1. The number of ether oxygens (including phenoxy) is 1. The number of alkyl halides is 3. The average molecular weight is 375 g/mol. The van der Waals surface area contributed by atoms with Crippen molar-refractivity contribution in [1.82, 2.24) is 9.78 Å². The highest BCUT2D eigenvalue weighted by Crippen LogP contribution is 2.37. The van der Waals surface area contributed by atoms with Crippen LogP contribution in [0.5, 0.6) is 0 Å². The molecule has 0 bridgehead atoms. The predicted octanol–water partition coefficient (Wildman–Crippen LogP) is 4.68. The van der Waals surface area contributed by atoms with Crippen molar-refractivity contribution in [3.05, 3.63) is 40.5 Å². The van der Waals surface area contributed by atoms with E-state index >= 15 is 0 Å². The smallest absolute Gasteiger partial charge is 0.381 e. The van der Waals surface area contributed by atoms with Gasteiger partial charge >= 0.3 is 6.18 Å². The molecular weight excluding hydrogens is 361 g/mol. The summed E-state index contributed by atoms with van der Waals surface area (Å²) < 4.78 is 45.8. The quantitative estimate of drug-likeness (QED) is 0.762. The summed E-state index contributed by atoms with van der Waals surface area (Å²) >= 11 is 3.02. The minimum Gasteiger partial charge on any atom is -0.381 e.